The van der Waals surface area contributed by atoms with E-state index in [0.717, 1.165) is 18.4 Å². The number of aryl methyl sites for hydroxylation is 2. The summed E-state index contributed by atoms with van der Waals surface area (Å²) in [5, 5.41) is 3.19. The number of hydrogen-bond acceptors (Lipinski definition) is 1. The van der Waals surface area contributed by atoms with E-state index in [2.05, 4.69) is 37.4 Å². The Kier molecular flexibility index (Phi) is 5.47. The van der Waals surface area contributed by atoms with Gasteiger partial charge in [0.1, 0.15) is 0 Å². The van der Waals surface area contributed by atoms with Gasteiger partial charge in [-0.1, -0.05) is 36.6 Å². The first-order valence-corrected chi connectivity index (χ1v) is 8.05. The fourth-order valence-corrected chi connectivity index (χ4v) is 3.37. The molecule has 20 heavy (non-hydrogen) atoms. The zero-order chi connectivity index (χ0) is 14.5. The van der Waals surface area contributed by atoms with Crippen LogP contribution in [-0.4, -0.2) is 17.8 Å². The van der Waals surface area contributed by atoms with Crippen molar-refractivity contribution >= 4 is 17.5 Å². The van der Waals surface area contributed by atoms with Gasteiger partial charge in [-0.3, -0.25) is 4.79 Å². The highest BCUT2D eigenvalue weighted by atomic mass is 35.5. The molecule has 1 aromatic rings. The Morgan fingerprint density at radius 3 is 2.80 bits per heavy atom. The van der Waals surface area contributed by atoms with Gasteiger partial charge in [-0.25, -0.2) is 0 Å². The average molecular weight is 294 g/mol. The Hall–Kier alpha value is -1.02. The molecule has 0 saturated heterocycles. The van der Waals surface area contributed by atoms with Crippen LogP contribution >= 0.6 is 11.6 Å². The molecule has 1 N–H and O–H groups in total. The van der Waals surface area contributed by atoms with E-state index in [9.17, 15) is 4.79 Å². The van der Waals surface area contributed by atoms with Crippen molar-refractivity contribution in [3.8, 4) is 0 Å². The minimum atomic E-state index is 0.126. The molecule has 0 radical (unpaired) electrons. The van der Waals surface area contributed by atoms with Gasteiger partial charge in [0.25, 0.3) is 0 Å². The van der Waals surface area contributed by atoms with Gasteiger partial charge >= 0.3 is 0 Å². The number of carbonyl (C=O) groups excluding carboxylic acids is 1. The summed E-state index contributed by atoms with van der Waals surface area (Å²) in [7, 11) is 0. The van der Waals surface area contributed by atoms with Gasteiger partial charge in [0.15, 0.2) is 0 Å². The molecule has 3 heteroatoms. The lowest BCUT2D eigenvalue weighted by atomic mass is 9.85. The Labute approximate surface area is 126 Å². The van der Waals surface area contributed by atoms with E-state index in [1.165, 1.54) is 24.0 Å². The third kappa shape index (κ3) is 3.99. The molecule has 0 aromatic heterocycles. The monoisotopic (exact) mass is 293 g/mol. The van der Waals surface area contributed by atoms with Crippen LogP contribution in [0.1, 0.15) is 42.4 Å². The number of benzene rings is 1. The maximum Gasteiger partial charge on any atom is 0.224 e. The van der Waals surface area contributed by atoms with Gasteiger partial charge in [0.2, 0.25) is 5.91 Å². The van der Waals surface area contributed by atoms with Gasteiger partial charge in [-0.2, -0.15) is 0 Å². The molecule has 2 nitrogen and oxygen atoms in total. The van der Waals surface area contributed by atoms with Gasteiger partial charge in [-0.05, 0) is 43.7 Å². The number of rotatable bonds is 4. The number of hydrogen-bond donors (Lipinski definition) is 1. The number of halogens is 1. The summed E-state index contributed by atoms with van der Waals surface area (Å²) in [6, 6.07) is 6.54. The first-order valence-electron chi connectivity index (χ1n) is 7.51. The van der Waals surface area contributed by atoms with E-state index >= 15 is 0 Å². The first kappa shape index (κ1) is 15.4. The number of nitrogens with one attached hydrogen (secondary N) is 1. The Bertz CT molecular complexity index is 472. The summed E-state index contributed by atoms with van der Waals surface area (Å²) in [5.41, 5.74) is 3.51. The highest BCUT2D eigenvalue weighted by molar-refractivity contribution is 6.18. The number of amides is 1. The van der Waals surface area contributed by atoms with E-state index in [1.54, 1.807) is 0 Å². The van der Waals surface area contributed by atoms with Crippen LogP contribution in [0, 0.1) is 19.8 Å². The number of alkyl halides is 1. The molecule has 2 unspecified atom stereocenters. The third-order valence-electron chi connectivity index (χ3n) is 4.31. The summed E-state index contributed by atoms with van der Waals surface area (Å²) in [4.78, 5) is 12.3. The molecule has 0 heterocycles. The quantitative estimate of drug-likeness (QED) is 0.842. The highest BCUT2D eigenvalue weighted by Gasteiger charge is 2.25. The van der Waals surface area contributed by atoms with Crippen LogP contribution in [0.2, 0.25) is 0 Å². The third-order valence-corrected chi connectivity index (χ3v) is 4.71. The molecule has 0 spiro atoms. The summed E-state index contributed by atoms with van der Waals surface area (Å²) in [6.07, 6.45) is 5.11. The predicted octanol–water partition coefficient (Wildman–Crippen LogP) is 3.76. The van der Waals surface area contributed by atoms with Crippen molar-refractivity contribution in [3.05, 3.63) is 34.9 Å². The second-order valence-corrected chi connectivity index (χ2v) is 6.29. The molecule has 0 bridgehead atoms. The second-order valence-electron chi connectivity index (χ2n) is 5.98. The van der Waals surface area contributed by atoms with Crippen LogP contribution in [0.3, 0.4) is 0 Å². The van der Waals surface area contributed by atoms with E-state index in [1.807, 2.05) is 0 Å². The fourth-order valence-electron chi connectivity index (χ4n) is 3.00. The first-order chi connectivity index (χ1) is 9.60. The van der Waals surface area contributed by atoms with Crippen LogP contribution in [0.5, 0.6) is 0 Å². The molecule has 2 rings (SSSR count). The zero-order valence-electron chi connectivity index (χ0n) is 12.4. The van der Waals surface area contributed by atoms with E-state index in [-0.39, 0.29) is 11.9 Å². The maximum absolute atomic E-state index is 12.3. The lowest BCUT2D eigenvalue weighted by molar-refractivity contribution is -0.121. The van der Waals surface area contributed by atoms with Gasteiger partial charge in [0, 0.05) is 11.9 Å². The largest absolute Gasteiger partial charge is 0.353 e. The maximum atomic E-state index is 12.3. The molecule has 2 atom stereocenters. The summed E-state index contributed by atoms with van der Waals surface area (Å²) >= 11 is 6.01. The smallest absolute Gasteiger partial charge is 0.224 e. The molecule has 1 aromatic carbocycles. The summed E-state index contributed by atoms with van der Waals surface area (Å²) in [5.74, 6) is 1.21. The minimum Gasteiger partial charge on any atom is -0.353 e. The van der Waals surface area contributed by atoms with Crippen molar-refractivity contribution in [1.29, 1.82) is 0 Å². The Morgan fingerprint density at radius 2 is 2.05 bits per heavy atom. The standard InChI is InChI=1S/C17H24ClNO/c1-12-7-8-13(2)15(9-12)10-17(20)19-16-6-4-3-5-14(16)11-18/h7-9,14,16H,3-6,10-11H2,1-2H3,(H,19,20). The van der Waals surface area contributed by atoms with Crippen LogP contribution < -0.4 is 5.32 Å². The molecule has 1 saturated carbocycles. The lowest BCUT2D eigenvalue weighted by Gasteiger charge is -2.30. The van der Waals surface area contributed by atoms with Crippen LogP contribution in [0.15, 0.2) is 18.2 Å². The van der Waals surface area contributed by atoms with E-state index < -0.39 is 0 Å². The molecule has 0 aliphatic heterocycles. The molecule has 1 aliphatic carbocycles. The van der Waals surface area contributed by atoms with Crippen molar-refractivity contribution < 1.29 is 4.79 Å². The van der Waals surface area contributed by atoms with Crippen molar-refractivity contribution in [2.75, 3.05) is 5.88 Å². The van der Waals surface area contributed by atoms with Crippen LogP contribution in [-0.2, 0) is 11.2 Å². The fraction of sp³-hybridized carbons (Fsp3) is 0.588. The summed E-state index contributed by atoms with van der Waals surface area (Å²) < 4.78 is 0. The van der Waals surface area contributed by atoms with Crippen molar-refractivity contribution in [1.82, 2.24) is 5.32 Å². The van der Waals surface area contributed by atoms with Crippen molar-refractivity contribution in [2.24, 2.45) is 5.92 Å². The van der Waals surface area contributed by atoms with Crippen LogP contribution in [0.25, 0.3) is 0 Å². The normalized spacial score (nSPS) is 22.6. The molecule has 1 amide bonds. The topological polar surface area (TPSA) is 29.1 Å². The predicted molar refractivity (Wildman–Crippen MR) is 84.2 cm³/mol. The SMILES string of the molecule is Cc1ccc(C)c(CC(=O)NC2CCCCC2CCl)c1. The van der Waals surface area contributed by atoms with E-state index in [4.69, 9.17) is 11.6 Å². The van der Waals surface area contributed by atoms with Crippen molar-refractivity contribution in [3.63, 3.8) is 0 Å². The molecular weight excluding hydrogens is 270 g/mol. The van der Waals surface area contributed by atoms with Gasteiger partial charge in [-0.15, -0.1) is 11.6 Å². The van der Waals surface area contributed by atoms with Gasteiger partial charge in [0.05, 0.1) is 6.42 Å². The number of carbonyl (C=O) groups is 1. The lowest BCUT2D eigenvalue weighted by Crippen LogP contribution is -2.43. The Morgan fingerprint density at radius 1 is 1.30 bits per heavy atom. The molecular formula is C17H24ClNO. The summed E-state index contributed by atoms with van der Waals surface area (Å²) in [6.45, 7) is 4.12. The van der Waals surface area contributed by atoms with Crippen molar-refractivity contribution in [2.45, 2.75) is 52.0 Å². The van der Waals surface area contributed by atoms with E-state index in [0.29, 0.717) is 18.2 Å². The average Bonchev–Trinajstić information content (AvgIpc) is 2.43. The molecule has 1 aliphatic rings. The highest BCUT2D eigenvalue weighted by Crippen LogP contribution is 2.25. The second kappa shape index (κ2) is 7.12. The van der Waals surface area contributed by atoms with Gasteiger partial charge < -0.3 is 5.32 Å². The Balaban J connectivity index is 1.96. The zero-order valence-corrected chi connectivity index (χ0v) is 13.2. The van der Waals surface area contributed by atoms with Crippen LogP contribution in [0.4, 0.5) is 0 Å². The minimum absolute atomic E-state index is 0.126. The molecule has 1 fully saturated rings. The molecule has 110 valence electrons.